The summed E-state index contributed by atoms with van der Waals surface area (Å²) in [6.07, 6.45) is 3.24. The second kappa shape index (κ2) is 6.07. The highest BCUT2D eigenvalue weighted by Crippen LogP contribution is 2.19. The molecule has 0 unspecified atom stereocenters. The summed E-state index contributed by atoms with van der Waals surface area (Å²) in [7, 11) is 1.25. The molecule has 0 amide bonds. The summed E-state index contributed by atoms with van der Waals surface area (Å²) in [4.78, 5) is 24.3. The van der Waals surface area contributed by atoms with Gasteiger partial charge < -0.3 is 10.5 Å². The number of nitrogen functional groups attached to an aromatic ring is 1. The number of nitrogens with two attached hydrogens (primary N) is 1. The number of carbonyl (C=O) groups excluding carboxylic acids is 1. The van der Waals surface area contributed by atoms with Gasteiger partial charge in [0.25, 0.3) is 5.56 Å². The van der Waals surface area contributed by atoms with E-state index >= 15 is 0 Å². The van der Waals surface area contributed by atoms with Gasteiger partial charge in [0.2, 0.25) is 0 Å². The van der Waals surface area contributed by atoms with Crippen LogP contribution in [0.1, 0.15) is 23.3 Å². The lowest BCUT2D eigenvalue weighted by molar-refractivity contribution is 0.0602. The van der Waals surface area contributed by atoms with E-state index in [-0.39, 0.29) is 33.8 Å². The molecule has 2 aromatic heterocycles. The zero-order valence-corrected chi connectivity index (χ0v) is 13.1. The normalized spacial score (nSPS) is 12.2. The van der Waals surface area contributed by atoms with E-state index in [1.807, 2.05) is 6.92 Å². The molecule has 2 N–H and O–H groups in total. The van der Waals surface area contributed by atoms with Crippen molar-refractivity contribution >= 4 is 22.6 Å². The van der Waals surface area contributed by atoms with Gasteiger partial charge in [0.1, 0.15) is 5.52 Å². The summed E-state index contributed by atoms with van der Waals surface area (Å²) >= 11 is 0. The molecule has 0 saturated carbocycles. The zero-order valence-electron chi connectivity index (χ0n) is 13.1. The number of aromatic nitrogens is 6. The average Bonchev–Trinajstić information content (AvgIpc) is 3.07. The van der Waals surface area contributed by atoms with Gasteiger partial charge in [0, 0.05) is 11.9 Å². The van der Waals surface area contributed by atoms with Crippen molar-refractivity contribution in [1.29, 1.82) is 0 Å². The molecule has 3 rings (SSSR count). The number of rotatable bonds is 4. The number of hydrogen-bond donors (Lipinski definition) is 1. The molecule has 0 bridgehead atoms. The van der Waals surface area contributed by atoms with E-state index in [9.17, 15) is 9.59 Å². The molecule has 0 aliphatic rings. The van der Waals surface area contributed by atoms with E-state index in [0.717, 1.165) is 0 Å². The third kappa shape index (κ3) is 2.69. The minimum atomic E-state index is -0.597. The van der Waals surface area contributed by atoms with Gasteiger partial charge in [0.05, 0.1) is 36.8 Å². The molecule has 24 heavy (non-hydrogen) atoms. The molecule has 1 atom stereocenters. The van der Waals surface area contributed by atoms with E-state index in [0.29, 0.717) is 6.54 Å². The number of ether oxygens (including phenoxy) is 1. The molecule has 1 aromatic carbocycles. The van der Waals surface area contributed by atoms with Crippen LogP contribution >= 0.6 is 0 Å². The Morgan fingerprint density at radius 2 is 2.17 bits per heavy atom. The maximum absolute atomic E-state index is 12.6. The summed E-state index contributed by atoms with van der Waals surface area (Å²) in [5.74, 6) is -0.597. The van der Waals surface area contributed by atoms with Gasteiger partial charge in [-0.3, -0.25) is 9.48 Å². The summed E-state index contributed by atoms with van der Waals surface area (Å²) in [5.41, 5.74) is 6.07. The number of fused-ring (bicyclic) bond motifs is 1. The zero-order chi connectivity index (χ0) is 17.3. The molecule has 0 saturated heterocycles. The fraction of sp³-hybridized carbons (Fsp3) is 0.286. The van der Waals surface area contributed by atoms with Gasteiger partial charge in [-0.15, -0.1) is 10.2 Å². The van der Waals surface area contributed by atoms with Crippen LogP contribution in [0.2, 0.25) is 0 Å². The Hall–Kier alpha value is -3.30. The Morgan fingerprint density at radius 1 is 1.38 bits per heavy atom. The maximum Gasteiger partial charge on any atom is 0.340 e. The molecule has 124 valence electrons. The second-order valence-corrected chi connectivity index (χ2v) is 5.26. The Balaban J connectivity index is 2.04. The van der Waals surface area contributed by atoms with Crippen molar-refractivity contribution in [3.05, 3.63) is 40.4 Å². The van der Waals surface area contributed by atoms with Crippen LogP contribution in [0.5, 0.6) is 0 Å². The lowest BCUT2D eigenvalue weighted by Gasteiger charge is -2.13. The first-order valence-electron chi connectivity index (χ1n) is 7.12. The van der Waals surface area contributed by atoms with E-state index in [1.165, 1.54) is 23.9 Å². The molecule has 3 aromatic rings. The Bertz CT molecular complexity index is 949. The summed E-state index contributed by atoms with van der Waals surface area (Å²) in [6.45, 7) is 2.23. The molecule has 0 spiro atoms. The molecular weight excluding hydrogens is 314 g/mol. The molecule has 10 heteroatoms. The van der Waals surface area contributed by atoms with E-state index in [1.54, 1.807) is 17.1 Å². The number of nitrogens with zero attached hydrogens (tertiary/aromatic N) is 6. The lowest BCUT2D eigenvalue weighted by Crippen LogP contribution is -2.29. The topological polar surface area (TPSA) is 131 Å². The van der Waals surface area contributed by atoms with Crippen LogP contribution < -0.4 is 11.3 Å². The summed E-state index contributed by atoms with van der Waals surface area (Å²) < 4.78 is 7.50. The maximum atomic E-state index is 12.6. The fourth-order valence-electron chi connectivity index (χ4n) is 2.37. The molecule has 0 aliphatic carbocycles. The SMILES string of the molecule is COC(=O)c1cc2nnn([C@H](C)Cn3ccnn3)c(=O)c2cc1N. The van der Waals surface area contributed by atoms with Crippen molar-refractivity contribution in [3.63, 3.8) is 0 Å². The highest BCUT2D eigenvalue weighted by atomic mass is 16.5. The number of hydrogen-bond acceptors (Lipinski definition) is 8. The van der Waals surface area contributed by atoms with E-state index < -0.39 is 5.97 Å². The van der Waals surface area contributed by atoms with Gasteiger partial charge in [-0.1, -0.05) is 10.4 Å². The third-order valence-corrected chi connectivity index (χ3v) is 3.60. The van der Waals surface area contributed by atoms with Crippen LogP contribution in [0.25, 0.3) is 10.9 Å². The van der Waals surface area contributed by atoms with Crippen molar-refractivity contribution in [3.8, 4) is 0 Å². The van der Waals surface area contributed by atoms with Gasteiger partial charge in [-0.2, -0.15) is 0 Å². The monoisotopic (exact) mass is 329 g/mol. The van der Waals surface area contributed by atoms with Crippen LogP contribution in [-0.4, -0.2) is 43.1 Å². The van der Waals surface area contributed by atoms with Crippen molar-refractivity contribution in [1.82, 2.24) is 30.0 Å². The van der Waals surface area contributed by atoms with Crippen LogP contribution in [0.3, 0.4) is 0 Å². The van der Waals surface area contributed by atoms with Gasteiger partial charge in [-0.25, -0.2) is 9.48 Å². The Kier molecular flexibility index (Phi) is 3.94. The Labute approximate surface area is 135 Å². The quantitative estimate of drug-likeness (QED) is 0.523. The second-order valence-electron chi connectivity index (χ2n) is 5.26. The first kappa shape index (κ1) is 15.6. The Morgan fingerprint density at radius 3 is 2.83 bits per heavy atom. The number of benzene rings is 1. The predicted octanol–water partition coefficient (Wildman–Crippen LogP) is 0.0130. The molecule has 0 fully saturated rings. The molecule has 0 aliphatic heterocycles. The number of carbonyl (C=O) groups is 1. The van der Waals surface area contributed by atoms with Crippen molar-refractivity contribution in [2.45, 2.75) is 19.5 Å². The predicted molar refractivity (Wildman–Crippen MR) is 84.3 cm³/mol. The van der Waals surface area contributed by atoms with Gasteiger partial charge in [0.15, 0.2) is 0 Å². The molecule has 10 nitrogen and oxygen atoms in total. The van der Waals surface area contributed by atoms with Crippen LogP contribution in [0.4, 0.5) is 5.69 Å². The molecular formula is C14H15N7O3. The van der Waals surface area contributed by atoms with Crippen molar-refractivity contribution < 1.29 is 9.53 Å². The highest BCUT2D eigenvalue weighted by Gasteiger charge is 2.17. The van der Waals surface area contributed by atoms with Gasteiger partial charge in [-0.05, 0) is 19.1 Å². The van der Waals surface area contributed by atoms with E-state index in [4.69, 9.17) is 5.73 Å². The first-order valence-corrected chi connectivity index (χ1v) is 7.12. The van der Waals surface area contributed by atoms with Crippen LogP contribution in [0, 0.1) is 0 Å². The lowest BCUT2D eigenvalue weighted by atomic mass is 10.1. The highest BCUT2D eigenvalue weighted by molar-refractivity contribution is 5.99. The minimum absolute atomic E-state index is 0.145. The molecule has 0 radical (unpaired) electrons. The number of anilines is 1. The van der Waals surface area contributed by atoms with Crippen LogP contribution in [0.15, 0.2) is 29.3 Å². The standard InChI is InChI=1S/C14H15N7O3/c1-8(7-20-4-3-16-18-20)21-13(22)10-5-11(15)9(14(23)24-2)6-12(10)17-19-21/h3-6,8H,7,15H2,1-2H3/t8-/m1/s1. The summed E-state index contributed by atoms with van der Waals surface area (Å²) in [6, 6.07) is 2.52. The number of methoxy groups -OCH3 is 1. The fourth-order valence-corrected chi connectivity index (χ4v) is 2.37. The summed E-state index contributed by atoms with van der Waals surface area (Å²) in [5, 5.41) is 15.8. The third-order valence-electron chi connectivity index (χ3n) is 3.60. The average molecular weight is 329 g/mol. The largest absolute Gasteiger partial charge is 0.465 e. The minimum Gasteiger partial charge on any atom is -0.465 e. The first-order chi connectivity index (χ1) is 11.5. The van der Waals surface area contributed by atoms with Crippen molar-refractivity contribution in [2.24, 2.45) is 0 Å². The smallest absolute Gasteiger partial charge is 0.340 e. The van der Waals surface area contributed by atoms with Crippen molar-refractivity contribution in [2.75, 3.05) is 12.8 Å². The molecule has 2 heterocycles. The number of esters is 1. The van der Waals surface area contributed by atoms with E-state index in [2.05, 4.69) is 25.4 Å². The van der Waals surface area contributed by atoms with Crippen LogP contribution in [-0.2, 0) is 11.3 Å². The van der Waals surface area contributed by atoms with Gasteiger partial charge >= 0.3 is 5.97 Å².